The minimum absolute atomic E-state index is 0.0610. The smallest absolute Gasteiger partial charge is 0.387 e. The molecule has 350 valence electrons. The van der Waals surface area contributed by atoms with Crippen molar-refractivity contribution in [3.63, 3.8) is 0 Å². The lowest BCUT2D eigenvalue weighted by Gasteiger charge is -2.25. The van der Waals surface area contributed by atoms with E-state index in [9.17, 15) is 19.4 Å². The Kier molecular flexibility index (Phi) is 41.6. The fourth-order valence-electron chi connectivity index (χ4n) is 7.38. The van der Waals surface area contributed by atoms with Gasteiger partial charge in [0, 0.05) is 6.42 Å². The van der Waals surface area contributed by atoms with Gasteiger partial charge in [-0.3, -0.25) is 13.8 Å². The van der Waals surface area contributed by atoms with Crippen LogP contribution < -0.4 is 5.32 Å². The van der Waals surface area contributed by atoms with Crippen molar-refractivity contribution in [1.29, 1.82) is 0 Å². The van der Waals surface area contributed by atoms with Gasteiger partial charge in [-0.25, -0.2) is 4.57 Å². The maximum absolute atomic E-state index is 12.8. The van der Waals surface area contributed by atoms with E-state index in [-0.39, 0.29) is 19.1 Å². The molecule has 59 heavy (non-hydrogen) atoms. The summed E-state index contributed by atoms with van der Waals surface area (Å²) < 4.78 is 23.6. The number of phosphoric acid groups is 1. The first-order valence-corrected chi connectivity index (χ1v) is 26.7. The molecule has 0 spiro atoms. The number of hydrogen-bond acceptors (Lipinski definition) is 5. The minimum atomic E-state index is -4.34. The van der Waals surface area contributed by atoms with Crippen molar-refractivity contribution in [3.8, 4) is 0 Å². The Balaban J connectivity index is 4.17. The number of phosphoric ester groups is 1. The summed E-state index contributed by atoms with van der Waals surface area (Å²) >= 11 is 0. The van der Waals surface area contributed by atoms with E-state index in [1.54, 1.807) is 6.08 Å². The summed E-state index contributed by atoms with van der Waals surface area (Å²) in [6.07, 6.45) is 51.3. The first kappa shape index (κ1) is 58.0. The zero-order chi connectivity index (χ0) is 43.6. The van der Waals surface area contributed by atoms with E-state index >= 15 is 0 Å². The molecule has 3 unspecified atom stereocenters. The molecule has 0 heterocycles. The molecule has 0 aliphatic rings. The molecule has 0 saturated heterocycles. The lowest BCUT2D eigenvalue weighted by molar-refractivity contribution is -0.870. The largest absolute Gasteiger partial charge is 0.472 e. The highest BCUT2D eigenvalue weighted by Crippen LogP contribution is 2.43. The predicted molar refractivity (Wildman–Crippen MR) is 254 cm³/mol. The van der Waals surface area contributed by atoms with Crippen LogP contribution in [0, 0.1) is 0 Å². The number of carbonyl (C=O) groups is 1. The number of nitrogens with one attached hydrogen (secondary N) is 1. The summed E-state index contributed by atoms with van der Waals surface area (Å²) in [4.78, 5) is 23.1. The monoisotopic (exact) mass is 856 g/mol. The third-order valence-corrected chi connectivity index (χ3v) is 12.4. The topological polar surface area (TPSA) is 105 Å². The molecular weight excluding hydrogens is 756 g/mol. The number of unbranched alkanes of at least 4 members (excludes halogenated alkanes) is 31. The van der Waals surface area contributed by atoms with Crippen LogP contribution >= 0.6 is 7.82 Å². The van der Waals surface area contributed by atoms with Gasteiger partial charge in [0.2, 0.25) is 5.91 Å². The second-order valence-electron chi connectivity index (χ2n) is 18.5. The molecule has 0 fully saturated rings. The summed E-state index contributed by atoms with van der Waals surface area (Å²) in [5.41, 5.74) is 0. The average Bonchev–Trinajstić information content (AvgIpc) is 3.19. The summed E-state index contributed by atoms with van der Waals surface area (Å²) in [7, 11) is 1.57. The van der Waals surface area contributed by atoms with Crippen molar-refractivity contribution >= 4 is 13.7 Å². The van der Waals surface area contributed by atoms with Crippen LogP contribution in [0.15, 0.2) is 24.3 Å². The van der Waals surface area contributed by atoms with Crippen LogP contribution in [-0.4, -0.2) is 73.4 Å². The summed E-state index contributed by atoms with van der Waals surface area (Å²) in [5, 5.41) is 13.8. The summed E-state index contributed by atoms with van der Waals surface area (Å²) in [5.74, 6) is -0.186. The molecule has 0 aliphatic heterocycles. The number of aliphatic hydroxyl groups is 1. The Hall–Kier alpha value is -1.02. The van der Waals surface area contributed by atoms with Crippen molar-refractivity contribution in [1.82, 2.24) is 5.32 Å². The Morgan fingerprint density at radius 2 is 0.932 bits per heavy atom. The zero-order valence-electron chi connectivity index (χ0n) is 39.8. The van der Waals surface area contributed by atoms with E-state index in [0.29, 0.717) is 17.4 Å². The molecule has 0 bridgehead atoms. The second kappa shape index (κ2) is 42.3. The Morgan fingerprint density at radius 1 is 0.559 bits per heavy atom. The summed E-state index contributed by atoms with van der Waals surface area (Å²) in [6, 6.07) is -0.847. The third kappa shape index (κ3) is 44.8. The number of allylic oxidation sites excluding steroid dienone is 3. The lowest BCUT2D eigenvalue weighted by Crippen LogP contribution is -2.45. The maximum atomic E-state index is 12.8. The van der Waals surface area contributed by atoms with Crippen LogP contribution in [0.1, 0.15) is 239 Å². The van der Waals surface area contributed by atoms with Gasteiger partial charge in [-0.05, 0) is 38.5 Å². The van der Waals surface area contributed by atoms with Gasteiger partial charge in [0.25, 0.3) is 0 Å². The number of likely N-dealkylation sites (N-methyl/N-ethyl adjacent to an activating group) is 1. The molecular formula is C50H100N2O6P+. The molecule has 3 atom stereocenters. The Labute approximate surface area is 366 Å². The first-order chi connectivity index (χ1) is 28.5. The van der Waals surface area contributed by atoms with E-state index < -0.39 is 20.0 Å². The van der Waals surface area contributed by atoms with E-state index in [2.05, 4.69) is 31.3 Å². The van der Waals surface area contributed by atoms with Crippen LogP contribution in [0.2, 0.25) is 0 Å². The normalized spacial score (nSPS) is 14.4. The number of amides is 1. The highest BCUT2D eigenvalue weighted by atomic mass is 31.2. The number of aliphatic hydroxyl groups excluding tert-OH is 1. The van der Waals surface area contributed by atoms with E-state index in [1.165, 1.54) is 167 Å². The molecule has 9 heteroatoms. The minimum Gasteiger partial charge on any atom is -0.387 e. The van der Waals surface area contributed by atoms with Crippen molar-refractivity contribution in [2.75, 3.05) is 40.9 Å². The maximum Gasteiger partial charge on any atom is 0.472 e. The van der Waals surface area contributed by atoms with Crippen LogP contribution in [0.25, 0.3) is 0 Å². The standard InChI is InChI=1S/C50H99N2O6P/c1-6-8-10-12-14-16-18-19-20-21-22-23-24-25-26-27-28-29-30-31-32-34-35-37-39-41-43-49(53)48(47-58-59(55,56)57-46-45-52(3,4)5)51-50(54)44-42-40-38-36-33-17-15-13-11-9-7-2/h13,15,41,43,48-49,53H,6-12,14,16-40,42,44-47H2,1-5H3,(H-,51,54,55,56)/p+1/b15-13-,43-41+. The van der Waals surface area contributed by atoms with Gasteiger partial charge >= 0.3 is 7.82 Å². The highest BCUT2D eigenvalue weighted by Gasteiger charge is 2.27. The molecule has 3 N–H and O–H groups in total. The van der Waals surface area contributed by atoms with E-state index in [4.69, 9.17) is 9.05 Å². The van der Waals surface area contributed by atoms with Crippen LogP contribution in [-0.2, 0) is 18.4 Å². The number of carbonyl (C=O) groups excluding carboxylic acids is 1. The molecule has 0 aromatic heterocycles. The molecule has 8 nitrogen and oxygen atoms in total. The van der Waals surface area contributed by atoms with Gasteiger partial charge in [0.05, 0.1) is 39.9 Å². The number of nitrogens with zero attached hydrogens (tertiary/aromatic N) is 1. The SMILES string of the molecule is CCCC/C=C\CCCCCCCC(=O)NC(COP(=O)(O)OCC[N+](C)(C)C)C(O)/C=C/CCCCCCCCCCCCCCCCCCCCCCCCCC. The van der Waals surface area contributed by atoms with Crippen LogP contribution in [0.3, 0.4) is 0 Å². The third-order valence-electron chi connectivity index (χ3n) is 11.4. The van der Waals surface area contributed by atoms with Gasteiger partial charge < -0.3 is 19.8 Å². The van der Waals surface area contributed by atoms with Crippen molar-refractivity contribution in [2.24, 2.45) is 0 Å². The number of hydrogen-bond donors (Lipinski definition) is 3. The summed E-state index contributed by atoms with van der Waals surface area (Å²) in [6.45, 7) is 4.78. The fourth-order valence-corrected chi connectivity index (χ4v) is 8.11. The second-order valence-corrected chi connectivity index (χ2v) is 20.0. The zero-order valence-corrected chi connectivity index (χ0v) is 40.7. The average molecular weight is 856 g/mol. The Morgan fingerprint density at radius 3 is 1.36 bits per heavy atom. The lowest BCUT2D eigenvalue weighted by atomic mass is 10.0. The molecule has 0 radical (unpaired) electrons. The van der Waals surface area contributed by atoms with Gasteiger partial charge in [0.15, 0.2) is 0 Å². The van der Waals surface area contributed by atoms with E-state index in [1.807, 2.05) is 27.2 Å². The van der Waals surface area contributed by atoms with Gasteiger partial charge in [-0.1, -0.05) is 218 Å². The van der Waals surface area contributed by atoms with Crippen molar-refractivity contribution in [3.05, 3.63) is 24.3 Å². The molecule has 0 rings (SSSR count). The van der Waals surface area contributed by atoms with Crippen molar-refractivity contribution in [2.45, 2.75) is 251 Å². The van der Waals surface area contributed by atoms with Gasteiger partial charge in [0.1, 0.15) is 13.2 Å². The fraction of sp³-hybridized carbons (Fsp3) is 0.900. The molecule has 0 aromatic carbocycles. The predicted octanol–water partition coefficient (Wildman–Crippen LogP) is 14.5. The number of rotatable bonds is 46. The first-order valence-electron chi connectivity index (χ1n) is 25.2. The van der Waals surface area contributed by atoms with Gasteiger partial charge in [-0.2, -0.15) is 0 Å². The highest BCUT2D eigenvalue weighted by molar-refractivity contribution is 7.47. The molecule has 0 aromatic rings. The molecule has 1 amide bonds. The molecule has 0 aliphatic carbocycles. The van der Waals surface area contributed by atoms with E-state index in [0.717, 1.165) is 51.4 Å². The van der Waals surface area contributed by atoms with Gasteiger partial charge in [-0.15, -0.1) is 0 Å². The Bertz CT molecular complexity index is 1020. The van der Waals surface area contributed by atoms with Crippen LogP contribution in [0.4, 0.5) is 0 Å². The van der Waals surface area contributed by atoms with Crippen LogP contribution in [0.5, 0.6) is 0 Å². The molecule has 0 saturated carbocycles. The number of quaternary nitrogens is 1. The van der Waals surface area contributed by atoms with Crippen molar-refractivity contribution < 1.29 is 32.9 Å². The quantitative estimate of drug-likeness (QED) is 0.0244.